The number of nitro benzene ring substituents is 1. The van der Waals surface area contributed by atoms with Gasteiger partial charge in [-0.1, -0.05) is 17.2 Å². The average Bonchev–Trinajstić information content (AvgIpc) is 2.59. The number of non-ortho nitro benzene ring substituents is 1. The molecule has 154 valence electrons. The van der Waals surface area contributed by atoms with Gasteiger partial charge in [0.25, 0.3) is 11.6 Å². The maximum Gasteiger partial charge on any atom is 0.418 e. The second kappa shape index (κ2) is 8.29. The van der Waals surface area contributed by atoms with Gasteiger partial charge in [0, 0.05) is 12.1 Å². The SMILES string of the molecule is Cc1cc(C)cc(C(=O)O[C@@H](C)C(=O)Nc2ccc([N+](=O)[O-])cc2C(F)(F)F)c1. The number of benzene rings is 2. The number of nitrogens with one attached hydrogen (secondary N) is 1. The van der Waals surface area contributed by atoms with Crippen molar-refractivity contribution in [3.05, 3.63) is 68.8 Å². The highest BCUT2D eigenvalue weighted by Crippen LogP contribution is 2.37. The number of hydrogen-bond acceptors (Lipinski definition) is 5. The minimum atomic E-state index is -4.94. The number of alkyl halides is 3. The number of nitrogens with zero attached hydrogens (tertiary/aromatic N) is 1. The van der Waals surface area contributed by atoms with Crippen LogP contribution in [0, 0.1) is 24.0 Å². The van der Waals surface area contributed by atoms with Gasteiger partial charge in [-0.15, -0.1) is 0 Å². The molecule has 0 saturated carbocycles. The van der Waals surface area contributed by atoms with Gasteiger partial charge < -0.3 is 10.1 Å². The Morgan fingerprint density at radius 1 is 1.10 bits per heavy atom. The minimum absolute atomic E-state index is 0.202. The fourth-order valence-corrected chi connectivity index (χ4v) is 2.60. The molecular weight excluding hydrogens is 393 g/mol. The average molecular weight is 410 g/mol. The van der Waals surface area contributed by atoms with E-state index in [4.69, 9.17) is 4.74 Å². The van der Waals surface area contributed by atoms with Crippen LogP contribution >= 0.6 is 0 Å². The lowest BCUT2D eigenvalue weighted by molar-refractivity contribution is -0.385. The molecule has 0 unspecified atom stereocenters. The summed E-state index contributed by atoms with van der Waals surface area (Å²) in [6.45, 7) is 4.74. The van der Waals surface area contributed by atoms with Crippen molar-refractivity contribution in [1.82, 2.24) is 0 Å². The number of rotatable bonds is 5. The number of anilines is 1. The summed E-state index contributed by atoms with van der Waals surface area (Å²) < 4.78 is 44.6. The van der Waals surface area contributed by atoms with Gasteiger partial charge in [0.2, 0.25) is 0 Å². The Bertz CT molecular complexity index is 953. The van der Waals surface area contributed by atoms with Crippen molar-refractivity contribution in [1.29, 1.82) is 0 Å². The van der Waals surface area contributed by atoms with Crippen molar-refractivity contribution in [3.63, 3.8) is 0 Å². The third kappa shape index (κ3) is 5.53. The van der Waals surface area contributed by atoms with Crippen molar-refractivity contribution in [2.24, 2.45) is 0 Å². The normalized spacial score (nSPS) is 12.2. The summed E-state index contributed by atoms with van der Waals surface area (Å²) in [6.07, 6.45) is -6.34. The van der Waals surface area contributed by atoms with Gasteiger partial charge >= 0.3 is 12.1 Å². The minimum Gasteiger partial charge on any atom is -0.449 e. The van der Waals surface area contributed by atoms with Gasteiger partial charge in [0.1, 0.15) is 0 Å². The van der Waals surface area contributed by atoms with Gasteiger partial charge in [0.15, 0.2) is 6.10 Å². The summed E-state index contributed by atoms with van der Waals surface area (Å²) in [4.78, 5) is 34.2. The van der Waals surface area contributed by atoms with Crippen LogP contribution in [0.4, 0.5) is 24.5 Å². The summed E-state index contributed by atoms with van der Waals surface area (Å²) >= 11 is 0. The third-order valence-corrected chi connectivity index (χ3v) is 3.89. The highest BCUT2D eigenvalue weighted by atomic mass is 19.4. The maximum absolute atomic E-state index is 13.2. The number of amides is 1. The van der Waals surface area contributed by atoms with Crippen LogP contribution < -0.4 is 5.32 Å². The first-order valence-corrected chi connectivity index (χ1v) is 8.34. The molecule has 2 rings (SSSR count). The van der Waals surface area contributed by atoms with E-state index in [2.05, 4.69) is 0 Å². The summed E-state index contributed by atoms with van der Waals surface area (Å²) in [5.41, 5.74) is -1.03. The molecule has 0 heterocycles. The summed E-state index contributed by atoms with van der Waals surface area (Å²) in [6, 6.07) is 6.87. The van der Waals surface area contributed by atoms with Crippen molar-refractivity contribution in [2.45, 2.75) is 33.1 Å². The molecule has 0 bridgehead atoms. The van der Waals surface area contributed by atoms with Crippen LogP contribution in [0.2, 0.25) is 0 Å². The highest BCUT2D eigenvalue weighted by molar-refractivity contribution is 5.98. The Morgan fingerprint density at radius 3 is 2.21 bits per heavy atom. The number of carbonyl (C=O) groups is 2. The van der Waals surface area contributed by atoms with Crippen molar-refractivity contribution in [3.8, 4) is 0 Å². The lowest BCUT2D eigenvalue weighted by Crippen LogP contribution is -2.30. The smallest absolute Gasteiger partial charge is 0.418 e. The van der Waals surface area contributed by atoms with Gasteiger partial charge in [0.05, 0.1) is 21.7 Å². The molecule has 7 nitrogen and oxygen atoms in total. The van der Waals surface area contributed by atoms with Crippen LogP contribution in [0.1, 0.15) is 34.0 Å². The molecule has 0 aromatic heterocycles. The fourth-order valence-electron chi connectivity index (χ4n) is 2.60. The quantitative estimate of drug-likeness (QED) is 0.447. The second-order valence-corrected chi connectivity index (χ2v) is 6.40. The Labute approximate surface area is 163 Å². The standard InChI is InChI=1S/C19H17F3N2O5/c1-10-6-11(2)8-13(7-10)18(26)29-12(3)17(25)23-16-5-4-14(24(27)28)9-15(16)19(20,21)22/h4-9,12H,1-3H3,(H,23,25)/t12-/m0/s1. The first-order chi connectivity index (χ1) is 13.4. The predicted molar refractivity (Wildman–Crippen MR) is 97.5 cm³/mol. The molecular formula is C19H17F3N2O5. The molecule has 1 N–H and O–H groups in total. The number of nitro groups is 1. The Kier molecular flexibility index (Phi) is 6.25. The first kappa shape index (κ1) is 21.9. The van der Waals surface area contributed by atoms with Crippen LogP contribution in [-0.4, -0.2) is 22.9 Å². The second-order valence-electron chi connectivity index (χ2n) is 6.40. The van der Waals surface area contributed by atoms with E-state index >= 15 is 0 Å². The lowest BCUT2D eigenvalue weighted by Gasteiger charge is -2.17. The fraction of sp³-hybridized carbons (Fsp3) is 0.263. The zero-order valence-electron chi connectivity index (χ0n) is 15.7. The molecule has 29 heavy (non-hydrogen) atoms. The largest absolute Gasteiger partial charge is 0.449 e. The molecule has 0 radical (unpaired) electrons. The predicted octanol–water partition coefficient (Wildman–Crippen LogP) is 4.41. The van der Waals surface area contributed by atoms with E-state index in [0.29, 0.717) is 6.07 Å². The van der Waals surface area contributed by atoms with E-state index in [1.54, 1.807) is 26.0 Å². The van der Waals surface area contributed by atoms with Crippen LogP contribution in [0.3, 0.4) is 0 Å². The van der Waals surface area contributed by atoms with E-state index in [0.717, 1.165) is 23.3 Å². The Morgan fingerprint density at radius 2 is 1.69 bits per heavy atom. The molecule has 0 fully saturated rings. The van der Waals surface area contributed by atoms with E-state index in [9.17, 15) is 32.9 Å². The number of esters is 1. The molecule has 10 heteroatoms. The van der Waals surface area contributed by atoms with E-state index in [1.807, 2.05) is 11.4 Å². The maximum atomic E-state index is 13.2. The first-order valence-electron chi connectivity index (χ1n) is 8.34. The molecule has 2 aromatic carbocycles. The summed E-state index contributed by atoms with van der Waals surface area (Å²) in [5, 5.41) is 12.7. The monoisotopic (exact) mass is 410 g/mol. The number of hydrogen-bond donors (Lipinski definition) is 1. The van der Waals surface area contributed by atoms with Crippen LogP contribution in [0.5, 0.6) is 0 Å². The molecule has 1 amide bonds. The molecule has 2 aromatic rings. The van der Waals surface area contributed by atoms with Gasteiger partial charge in [-0.05, 0) is 39.0 Å². The Hall–Kier alpha value is -3.43. The van der Waals surface area contributed by atoms with E-state index in [-0.39, 0.29) is 5.56 Å². The topological polar surface area (TPSA) is 98.5 Å². The zero-order valence-corrected chi connectivity index (χ0v) is 15.7. The molecule has 0 aliphatic rings. The summed E-state index contributed by atoms with van der Waals surface area (Å²) in [7, 11) is 0. The van der Waals surface area contributed by atoms with Crippen molar-refractivity contribution < 1.29 is 32.4 Å². The number of halogens is 3. The summed E-state index contributed by atoms with van der Waals surface area (Å²) in [5.74, 6) is -1.82. The van der Waals surface area contributed by atoms with Crippen LogP contribution in [-0.2, 0) is 15.7 Å². The molecule has 0 spiro atoms. The van der Waals surface area contributed by atoms with Crippen LogP contribution in [0.25, 0.3) is 0 Å². The van der Waals surface area contributed by atoms with Crippen LogP contribution in [0.15, 0.2) is 36.4 Å². The third-order valence-electron chi connectivity index (χ3n) is 3.89. The number of carbonyl (C=O) groups excluding carboxylic acids is 2. The Balaban J connectivity index is 2.19. The van der Waals surface area contributed by atoms with E-state index in [1.165, 1.54) is 6.92 Å². The van der Waals surface area contributed by atoms with Gasteiger partial charge in [-0.25, -0.2) is 4.79 Å². The number of ether oxygens (including phenoxy) is 1. The van der Waals surface area contributed by atoms with Crippen molar-refractivity contribution >= 4 is 23.3 Å². The number of aryl methyl sites for hydroxylation is 2. The van der Waals surface area contributed by atoms with Crippen molar-refractivity contribution in [2.75, 3.05) is 5.32 Å². The molecule has 0 saturated heterocycles. The molecule has 0 aliphatic carbocycles. The lowest BCUT2D eigenvalue weighted by atomic mass is 10.1. The van der Waals surface area contributed by atoms with Gasteiger partial charge in [-0.2, -0.15) is 13.2 Å². The molecule has 0 aliphatic heterocycles. The van der Waals surface area contributed by atoms with Gasteiger partial charge in [-0.3, -0.25) is 14.9 Å². The van der Waals surface area contributed by atoms with E-state index < -0.39 is 46.0 Å². The molecule has 1 atom stereocenters. The zero-order chi connectivity index (χ0) is 21.9. The highest BCUT2D eigenvalue weighted by Gasteiger charge is 2.36.